The van der Waals surface area contributed by atoms with Crippen LogP contribution in [0.25, 0.3) is 0 Å². The van der Waals surface area contributed by atoms with Gasteiger partial charge in [-0.05, 0) is 41.9 Å². The highest BCUT2D eigenvalue weighted by atomic mass is 79.9. The summed E-state index contributed by atoms with van der Waals surface area (Å²) in [6, 6.07) is 1.65. The molecule has 18 heavy (non-hydrogen) atoms. The predicted molar refractivity (Wildman–Crippen MR) is 77.5 cm³/mol. The zero-order valence-electron chi connectivity index (χ0n) is 9.99. The number of aryl methyl sites for hydroxylation is 1. The number of hydrogen-bond donors (Lipinski definition) is 2. The van der Waals surface area contributed by atoms with E-state index in [0.717, 1.165) is 33.7 Å². The third-order valence-electron chi connectivity index (χ3n) is 2.78. The van der Waals surface area contributed by atoms with E-state index in [9.17, 15) is 8.42 Å². The van der Waals surface area contributed by atoms with E-state index in [0.29, 0.717) is 11.4 Å². The summed E-state index contributed by atoms with van der Waals surface area (Å²) in [6.07, 6.45) is 2.94. The molecule has 100 valence electrons. The average molecular weight is 351 g/mol. The molecule has 0 saturated carbocycles. The molecule has 1 aromatic heterocycles. The second-order valence-corrected chi connectivity index (χ2v) is 8.48. The summed E-state index contributed by atoms with van der Waals surface area (Å²) in [5, 5.41) is 3.20. The third kappa shape index (κ3) is 3.42. The maximum atomic E-state index is 12.1. The van der Waals surface area contributed by atoms with Crippen LogP contribution in [0.4, 0.5) is 0 Å². The van der Waals surface area contributed by atoms with Crippen LogP contribution in [-0.2, 0) is 10.0 Å². The largest absolute Gasteiger partial charge is 0.313 e. The van der Waals surface area contributed by atoms with Crippen molar-refractivity contribution in [2.75, 3.05) is 19.6 Å². The molecule has 0 bridgehead atoms. The average Bonchev–Trinajstić information content (AvgIpc) is 2.68. The van der Waals surface area contributed by atoms with Crippen LogP contribution in [0.3, 0.4) is 0 Å². The highest BCUT2D eigenvalue weighted by Gasteiger charge is 2.19. The molecule has 0 spiro atoms. The molecule has 0 unspecified atom stereocenters. The minimum absolute atomic E-state index is 0.369. The zero-order valence-corrected chi connectivity index (χ0v) is 13.2. The van der Waals surface area contributed by atoms with Crippen molar-refractivity contribution in [1.29, 1.82) is 0 Å². The number of thiophene rings is 1. The van der Waals surface area contributed by atoms with Crippen LogP contribution in [0.2, 0.25) is 0 Å². The fourth-order valence-electron chi connectivity index (χ4n) is 1.79. The first-order chi connectivity index (χ1) is 8.49. The van der Waals surface area contributed by atoms with Crippen LogP contribution in [0.5, 0.6) is 0 Å². The fraction of sp³-hybridized carbons (Fsp3) is 0.455. The van der Waals surface area contributed by atoms with Crippen molar-refractivity contribution in [3.05, 3.63) is 26.4 Å². The van der Waals surface area contributed by atoms with E-state index in [1.165, 1.54) is 11.3 Å². The Kier molecular flexibility index (Phi) is 4.60. The summed E-state index contributed by atoms with van der Waals surface area (Å²) in [4.78, 5) is 1.17. The Morgan fingerprint density at radius 2 is 2.33 bits per heavy atom. The second-order valence-electron chi connectivity index (χ2n) is 4.11. The van der Waals surface area contributed by atoms with E-state index in [1.807, 2.05) is 13.0 Å². The number of nitrogens with one attached hydrogen (secondary N) is 2. The van der Waals surface area contributed by atoms with Crippen LogP contribution >= 0.6 is 27.3 Å². The topological polar surface area (TPSA) is 58.2 Å². The Morgan fingerprint density at radius 1 is 1.56 bits per heavy atom. The minimum atomic E-state index is -3.40. The van der Waals surface area contributed by atoms with Gasteiger partial charge in [0.25, 0.3) is 0 Å². The summed E-state index contributed by atoms with van der Waals surface area (Å²) >= 11 is 4.74. The van der Waals surface area contributed by atoms with Gasteiger partial charge in [-0.15, -0.1) is 11.3 Å². The van der Waals surface area contributed by atoms with Gasteiger partial charge in [-0.1, -0.05) is 11.6 Å². The van der Waals surface area contributed by atoms with Crippen LogP contribution < -0.4 is 10.0 Å². The standard InChI is InChI=1S/C11H15BrN2O2S2/c1-8-10(6-11(12)17-8)18(15,16)14-7-9-2-4-13-5-3-9/h2,6,13-14H,3-5,7H2,1H3. The second kappa shape index (κ2) is 5.83. The number of sulfonamides is 1. The van der Waals surface area contributed by atoms with Crippen LogP contribution in [0.1, 0.15) is 11.3 Å². The molecule has 0 radical (unpaired) electrons. The molecule has 0 atom stereocenters. The molecule has 0 fully saturated rings. The third-order valence-corrected chi connectivity index (χ3v) is 5.99. The van der Waals surface area contributed by atoms with E-state index in [4.69, 9.17) is 0 Å². The molecule has 2 heterocycles. The smallest absolute Gasteiger partial charge is 0.241 e. The highest BCUT2D eigenvalue weighted by Crippen LogP contribution is 2.29. The van der Waals surface area contributed by atoms with Crippen LogP contribution in [-0.4, -0.2) is 28.1 Å². The Labute approximate surface area is 120 Å². The summed E-state index contributed by atoms with van der Waals surface area (Å²) in [5.41, 5.74) is 1.14. The summed E-state index contributed by atoms with van der Waals surface area (Å²) in [6.45, 7) is 3.95. The van der Waals surface area contributed by atoms with Gasteiger partial charge in [0.2, 0.25) is 10.0 Å². The van der Waals surface area contributed by atoms with Crippen molar-refractivity contribution < 1.29 is 8.42 Å². The van der Waals surface area contributed by atoms with E-state index >= 15 is 0 Å². The van der Waals surface area contributed by atoms with Gasteiger partial charge in [0.05, 0.1) is 8.68 Å². The lowest BCUT2D eigenvalue weighted by atomic mass is 10.1. The molecule has 0 aliphatic carbocycles. The molecule has 1 aliphatic heterocycles. The van der Waals surface area contributed by atoms with Gasteiger partial charge in [0.1, 0.15) is 0 Å². The van der Waals surface area contributed by atoms with E-state index < -0.39 is 10.0 Å². The normalized spacial score (nSPS) is 16.7. The number of hydrogen-bond acceptors (Lipinski definition) is 4. The quantitative estimate of drug-likeness (QED) is 0.816. The summed E-state index contributed by atoms with van der Waals surface area (Å²) in [5.74, 6) is 0. The van der Waals surface area contributed by atoms with Crippen molar-refractivity contribution in [2.45, 2.75) is 18.2 Å². The van der Waals surface area contributed by atoms with Crippen molar-refractivity contribution in [3.63, 3.8) is 0 Å². The maximum Gasteiger partial charge on any atom is 0.241 e. The van der Waals surface area contributed by atoms with E-state index in [2.05, 4.69) is 26.0 Å². The van der Waals surface area contributed by atoms with Gasteiger partial charge in [0.15, 0.2) is 0 Å². The zero-order chi connectivity index (χ0) is 13.2. The van der Waals surface area contributed by atoms with Crippen LogP contribution in [0, 0.1) is 6.92 Å². The van der Waals surface area contributed by atoms with Crippen molar-refractivity contribution in [1.82, 2.24) is 10.0 Å². The van der Waals surface area contributed by atoms with E-state index in [-0.39, 0.29) is 0 Å². The van der Waals surface area contributed by atoms with Gasteiger partial charge < -0.3 is 5.32 Å². The maximum absolute atomic E-state index is 12.1. The first kappa shape index (κ1) is 14.2. The molecule has 1 aliphatic rings. The van der Waals surface area contributed by atoms with Crippen LogP contribution in [0.15, 0.2) is 26.4 Å². The lowest BCUT2D eigenvalue weighted by Gasteiger charge is -2.14. The Morgan fingerprint density at radius 3 is 2.89 bits per heavy atom. The monoisotopic (exact) mass is 350 g/mol. The Balaban J connectivity index is 2.08. The molecule has 2 rings (SSSR count). The van der Waals surface area contributed by atoms with Gasteiger partial charge in [-0.2, -0.15) is 0 Å². The molecule has 2 N–H and O–H groups in total. The SMILES string of the molecule is Cc1sc(Br)cc1S(=O)(=O)NCC1=CCNCC1. The van der Waals surface area contributed by atoms with Gasteiger partial charge in [0, 0.05) is 18.0 Å². The molecule has 0 amide bonds. The highest BCUT2D eigenvalue weighted by molar-refractivity contribution is 9.11. The molecule has 7 heteroatoms. The van der Waals surface area contributed by atoms with E-state index in [1.54, 1.807) is 6.07 Å². The first-order valence-corrected chi connectivity index (χ1v) is 8.72. The molecular weight excluding hydrogens is 336 g/mol. The number of halogens is 1. The van der Waals surface area contributed by atoms with Gasteiger partial charge >= 0.3 is 0 Å². The van der Waals surface area contributed by atoms with Gasteiger partial charge in [-0.25, -0.2) is 13.1 Å². The molecular formula is C11H15BrN2O2S2. The molecule has 1 aromatic rings. The summed E-state index contributed by atoms with van der Waals surface area (Å²) < 4.78 is 27.8. The lowest BCUT2D eigenvalue weighted by molar-refractivity contribution is 0.582. The molecule has 0 aromatic carbocycles. The minimum Gasteiger partial charge on any atom is -0.313 e. The predicted octanol–water partition coefficient (Wildman–Crippen LogP) is 2.02. The Bertz CT molecular complexity index is 564. The van der Waals surface area contributed by atoms with Crippen molar-refractivity contribution in [2.24, 2.45) is 0 Å². The Hall–Kier alpha value is -0.210. The fourth-order valence-corrected chi connectivity index (χ4v) is 5.24. The molecule has 4 nitrogen and oxygen atoms in total. The summed E-state index contributed by atoms with van der Waals surface area (Å²) in [7, 11) is -3.40. The number of rotatable bonds is 4. The van der Waals surface area contributed by atoms with Crippen molar-refractivity contribution in [3.8, 4) is 0 Å². The lowest BCUT2D eigenvalue weighted by Crippen LogP contribution is -2.29. The van der Waals surface area contributed by atoms with Crippen molar-refractivity contribution >= 4 is 37.3 Å². The molecule has 0 saturated heterocycles. The first-order valence-electron chi connectivity index (χ1n) is 5.63. The van der Waals surface area contributed by atoms with Gasteiger partial charge in [-0.3, -0.25) is 0 Å².